The van der Waals surface area contributed by atoms with E-state index >= 15 is 0 Å². The van der Waals surface area contributed by atoms with Crippen LogP contribution in [0, 0.1) is 5.41 Å². The maximum Gasteiger partial charge on any atom is 0.0297 e. The highest BCUT2D eigenvalue weighted by Crippen LogP contribution is 2.31. The number of hydrogen-bond donors (Lipinski definition) is 0. The Kier molecular flexibility index (Phi) is 5.95. The Morgan fingerprint density at radius 2 is 1.25 bits per heavy atom. The van der Waals surface area contributed by atoms with Crippen LogP contribution in [0.3, 0.4) is 0 Å². The first kappa shape index (κ1) is 15.9. The first-order chi connectivity index (χ1) is 9.67. The van der Waals surface area contributed by atoms with Crippen LogP contribution in [0.15, 0.2) is 59.1 Å². The van der Waals surface area contributed by atoms with Gasteiger partial charge < -0.3 is 0 Å². The van der Waals surface area contributed by atoms with E-state index in [-0.39, 0.29) is 5.41 Å². The molecule has 2 aromatic rings. The lowest BCUT2D eigenvalue weighted by Crippen LogP contribution is -2.30. The monoisotopic (exact) mass is 370 g/mol. The van der Waals surface area contributed by atoms with Crippen molar-refractivity contribution >= 4 is 39.1 Å². The zero-order valence-corrected chi connectivity index (χ0v) is 14.3. The summed E-state index contributed by atoms with van der Waals surface area (Å²) in [6, 6.07) is 18.8. The fraction of sp³-hybridized carbons (Fsp3) is 0.294. The molecule has 20 heavy (non-hydrogen) atoms. The lowest BCUT2D eigenvalue weighted by atomic mass is 9.80. The Balaban J connectivity index is 2.18. The minimum Gasteiger partial charge on any atom is -0.126 e. The number of benzene rings is 2. The first-order valence-corrected chi connectivity index (χ1v) is 8.44. The summed E-state index contributed by atoms with van der Waals surface area (Å²) in [7, 11) is 0. The van der Waals surface area contributed by atoms with E-state index in [1.807, 2.05) is 6.07 Å². The summed E-state index contributed by atoms with van der Waals surface area (Å²) in [6.45, 7) is 0. The van der Waals surface area contributed by atoms with Crippen LogP contribution in [-0.2, 0) is 12.8 Å². The van der Waals surface area contributed by atoms with Crippen molar-refractivity contribution in [2.75, 3.05) is 11.8 Å². The van der Waals surface area contributed by atoms with Crippen LogP contribution in [0.1, 0.15) is 11.1 Å². The van der Waals surface area contributed by atoms with Gasteiger partial charge in [-0.25, -0.2) is 0 Å². The van der Waals surface area contributed by atoms with Crippen LogP contribution in [-0.4, -0.2) is 11.8 Å². The second kappa shape index (κ2) is 7.49. The molecule has 0 nitrogen and oxygen atoms in total. The summed E-state index contributed by atoms with van der Waals surface area (Å²) in [5, 5.41) is 0. The molecule has 0 atom stereocenters. The van der Waals surface area contributed by atoms with Gasteiger partial charge in [0.25, 0.3) is 0 Å². The zero-order valence-electron chi connectivity index (χ0n) is 11.2. The third-order valence-electron chi connectivity index (χ3n) is 3.48. The second-order valence-corrected chi connectivity index (χ2v) is 6.68. The van der Waals surface area contributed by atoms with E-state index in [0.29, 0.717) is 11.8 Å². The third-order valence-corrected chi connectivity index (χ3v) is 5.14. The molecular weight excluding hydrogens is 355 g/mol. The molecule has 0 fully saturated rings. The van der Waals surface area contributed by atoms with Gasteiger partial charge in [-0.2, -0.15) is 0 Å². The van der Waals surface area contributed by atoms with E-state index in [4.69, 9.17) is 23.2 Å². The van der Waals surface area contributed by atoms with Crippen molar-refractivity contribution in [2.45, 2.75) is 12.8 Å². The standard InChI is InChI=1S/C17H17BrCl2/c18-16-8-6-15(7-9-16)11-17(12-19,13-20)10-14-4-2-1-3-5-14/h1-9H,10-13H2. The Hall–Kier alpha value is -0.500. The largest absolute Gasteiger partial charge is 0.126 e. The maximum atomic E-state index is 6.26. The van der Waals surface area contributed by atoms with E-state index < -0.39 is 0 Å². The van der Waals surface area contributed by atoms with E-state index in [0.717, 1.165) is 17.3 Å². The molecular formula is C17H17BrCl2. The summed E-state index contributed by atoms with van der Waals surface area (Å²) < 4.78 is 1.09. The Labute approximate surface area is 139 Å². The molecule has 0 spiro atoms. The van der Waals surface area contributed by atoms with Gasteiger partial charge in [-0.15, -0.1) is 23.2 Å². The molecule has 2 rings (SSSR count). The van der Waals surface area contributed by atoms with E-state index in [1.54, 1.807) is 0 Å². The molecule has 0 amide bonds. The molecule has 0 radical (unpaired) electrons. The predicted molar refractivity (Wildman–Crippen MR) is 91.9 cm³/mol. The topological polar surface area (TPSA) is 0 Å². The van der Waals surface area contributed by atoms with E-state index in [1.165, 1.54) is 11.1 Å². The molecule has 0 saturated carbocycles. The van der Waals surface area contributed by atoms with Gasteiger partial charge in [-0.3, -0.25) is 0 Å². The highest BCUT2D eigenvalue weighted by molar-refractivity contribution is 9.10. The fourth-order valence-corrected chi connectivity index (χ4v) is 3.28. The van der Waals surface area contributed by atoms with Gasteiger partial charge in [-0.1, -0.05) is 58.4 Å². The summed E-state index contributed by atoms with van der Waals surface area (Å²) in [6.07, 6.45) is 1.79. The highest BCUT2D eigenvalue weighted by atomic mass is 79.9. The van der Waals surface area contributed by atoms with Crippen LogP contribution >= 0.6 is 39.1 Å². The molecule has 0 heterocycles. The minimum absolute atomic E-state index is 0.0989. The van der Waals surface area contributed by atoms with Gasteiger partial charge >= 0.3 is 0 Å². The van der Waals surface area contributed by atoms with Crippen LogP contribution in [0.25, 0.3) is 0 Å². The maximum absolute atomic E-state index is 6.26. The highest BCUT2D eigenvalue weighted by Gasteiger charge is 2.29. The third kappa shape index (κ3) is 4.25. The van der Waals surface area contributed by atoms with Crippen LogP contribution in [0.5, 0.6) is 0 Å². The van der Waals surface area contributed by atoms with Gasteiger partial charge in [0.2, 0.25) is 0 Å². The van der Waals surface area contributed by atoms with Crippen LogP contribution < -0.4 is 0 Å². The molecule has 0 aliphatic carbocycles. The molecule has 0 aliphatic heterocycles. The number of rotatable bonds is 6. The molecule has 2 aromatic carbocycles. The lowest BCUT2D eigenvalue weighted by molar-refractivity contribution is 0.374. The minimum atomic E-state index is -0.0989. The SMILES string of the molecule is ClCC(CCl)(Cc1ccccc1)Cc1ccc(Br)cc1. The van der Waals surface area contributed by atoms with E-state index in [9.17, 15) is 0 Å². The number of alkyl halides is 2. The molecule has 0 saturated heterocycles. The zero-order chi connectivity index (χ0) is 14.4. The summed E-state index contributed by atoms with van der Waals surface area (Å²) >= 11 is 16.0. The van der Waals surface area contributed by atoms with Gasteiger partial charge in [-0.05, 0) is 36.1 Å². The smallest absolute Gasteiger partial charge is 0.0297 e. The Morgan fingerprint density at radius 3 is 1.75 bits per heavy atom. The number of hydrogen-bond acceptors (Lipinski definition) is 0. The molecule has 0 N–H and O–H groups in total. The Bertz CT molecular complexity index is 518. The molecule has 0 bridgehead atoms. The molecule has 106 valence electrons. The van der Waals surface area contributed by atoms with Crippen molar-refractivity contribution < 1.29 is 0 Å². The summed E-state index contributed by atoms with van der Waals surface area (Å²) in [4.78, 5) is 0. The average molecular weight is 372 g/mol. The van der Waals surface area contributed by atoms with Crippen molar-refractivity contribution in [3.8, 4) is 0 Å². The van der Waals surface area contributed by atoms with Gasteiger partial charge in [0.05, 0.1) is 0 Å². The normalized spacial score (nSPS) is 11.6. The Morgan fingerprint density at radius 1 is 0.750 bits per heavy atom. The van der Waals surface area contributed by atoms with Crippen molar-refractivity contribution in [2.24, 2.45) is 5.41 Å². The van der Waals surface area contributed by atoms with Crippen molar-refractivity contribution in [3.05, 3.63) is 70.2 Å². The van der Waals surface area contributed by atoms with Crippen LogP contribution in [0.4, 0.5) is 0 Å². The lowest BCUT2D eigenvalue weighted by Gasteiger charge is -2.30. The predicted octanol–water partition coefficient (Wildman–Crippen LogP) is 5.70. The quantitative estimate of drug-likeness (QED) is 0.571. The first-order valence-electron chi connectivity index (χ1n) is 6.58. The fourth-order valence-electron chi connectivity index (χ4n) is 2.35. The molecule has 0 unspecified atom stereocenters. The molecule has 0 aliphatic rings. The van der Waals surface area contributed by atoms with E-state index in [2.05, 4.69) is 64.5 Å². The van der Waals surface area contributed by atoms with Crippen molar-refractivity contribution in [1.82, 2.24) is 0 Å². The van der Waals surface area contributed by atoms with Crippen LogP contribution in [0.2, 0.25) is 0 Å². The van der Waals surface area contributed by atoms with Gasteiger partial charge in [0.15, 0.2) is 0 Å². The van der Waals surface area contributed by atoms with Gasteiger partial charge in [0, 0.05) is 21.6 Å². The summed E-state index contributed by atoms with van der Waals surface area (Å²) in [5.41, 5.74) is 2.45. The van der Waals surface area contributed by atoms with Gasteiger partial charge in [0.1, 0.15) is 0 Å². The summed E-state index contributed by atoms with van der Waals surface area (Å²) in [5.74, 6) is 1.11. The second-order valence-electron chi connectivity index (χ2n) is 5.23. The average Bonchev–Trinajstić information content (AvgIpc) is 2.50. The number of halogens is 3. The molecule has 0 aromatic heterocycles. The van der Waals surface area contributed by atoms with Crippen molar-refractivity contribution in [1.29, 1.82) is 0 Å². The molecule has 3 heteroatoms. The van der Waals surface area contributed by atoms with Crippen molar-refractivity contribution in [3.63, 3.8) is 0 Å².